The minimum absolute atomic E-state index is 0.176. The maximum absolute atomic E-state index is 13.7. The lowest BCUT2D eigenvalue weighted by Crippen LogP contribution is -2.70. The van der Waals surface area contributed by atoms with Crippen molar-refractivity contribution in [2.24, 2.45) is 11.8 Å². The summed E-state index contributed by atoms with van der Waals surface area (Å²) < 4.78 is 0. The Hall–Kier alpha value is -5.10. The number of urea groups is 2. The SMILES string of the molecule is O=C(Nc1cccc2cc3ccccc3cc12)NC12CC3CC(C1)CC(NC(=O)Nc1cccc4cc5ccccc5cc14)(C3)C2. The van der Waals surface area contributed by atoms with Gasteiger partial charge in [0.25, 0.3) is 0 Å². The number of hydrogen-bond acceptors (Lipinski definition) is 2. The Bertz CT molecular complexity index is 2040. The normalized spacial score (nSPS) is 24.8. The van der Waals surface area contributed by atoms with Crippen LogP contribution in [0.1, 0.15) is 38.5 Å². The van der Waals surface area contributed by atoms with Gasteiger partial charge in [-0.2, -0.15) is 0 Å². The topological polar surface area (TPSA) is 82.3 Å². The molecular weight excluding hydrogens is 568 g/mol. The molecule has 0 aliphatic heterocycles. The van der Waals surface area contributed by atoms with Gasteiger partial charge in [-0.25, -0.2) is 9.59 Å². The van der Waals surface area contributed by atoms with E-state index in [9.17, 15) is 9.59 Å². The van der Waals surface area contributed by atoms with E-state index in [-0.39, 0.29) is 23.1 Å². The first kappa shape index (κ1) is 27.2. The van der Waals surface area contributed by atoms with Gasteiger partial charge in [-0.05, 0) is 119 Å². The van der Waals surface area contributed by atoms with Gasteiger partial charge >= 0.3 is 12.1 Å². The predicted octanol–water partition coefficient (Wildman–Crippen LogP) is 9.33. The number of anilines is 2. The second-order valence-corrected chi connectivity index (χ2v) is 14.1. The van der Waals surface area contributed by atoms with Crippen LogP contribution in [0.25, 0.3) is 43.1 Å². The number of nitrogens with one attached hydrogen (secondary N) is 4. The zero-order chi connectivity index (χ0) is 30.9. The van der Waals surface area contributed by atoms with Crippen LogP contribution in [0.3, 0.4) is 0 Å². The van der Waals surface area contributed by atoms with E-state index >= 15 is 0 Å². The Labute approximate surface area is 267 Å². The van der Waals surface area contributed by atoms with Gasteiger partial charge in [-0.3, -0.25) is 0 Å². The first-order valence-electron chi connectivity index (χ1n) is 16.4. The maximum atomic E-state index is 13.7. The Kier molecular flexibility index (Phi) is 6.04. The molecule has 4 amide bonds. The average molecular weight is 605 g/mol. The Balaban J connectivity index is 0.944. The van der Waals surface area contributed by atoms with Crippen LogP contribution in [0.5, 0.6) is 0 Å². The molecule has 0 spiro atoms. The lowest BCUT2D eigenvalue weighted by atomic mass is 9.50. The molecule has 0 unspecified atom stereocenters. The molecule has 10 rings (SSSR count). The fourth-order valence-corrected chi connectivity index (χ4v) is 9.50. The van der Waals surface area contributed by atoms with Crippen LogP contribution >= 0.6 is 0 Å². The summed E-state index contributed by atoms with van der Waals surface area (Å²) in [6.45, 7) is 0. The highest BCUT2D eigenvalue weighted by Gasteiger charge is 2.58. The van der Waals surface area contributed by atoms with Crippen molar-refractivity contribution in [3.8, 4) is 0 Å². The summed E-state index contributed by atoms with van der Waals surface area (Å²) in [4.78, 5) is 27.3. The maximum Gasteiger partial charge on any atom is 0.319 e. The number of carbonyl (C=O) groups excluding carboxylic acids is 2. The third kappa shape index (κ3) is 4.71. The molecule has 4 aliphatic carbocycles. The molecule has 0 aromatic heterocycles. The van der Waals surface area contributed by atoms with Crippen molar-refractivity contribution < 1.29 is 9.59 Å². The van der Waals surface area contributed by atoms with E-state index < -0.39 is 0 Å². The van der Waals surface area contributed by atoms with Crippen molar-refractivity contribution >= 4 is 66.5 Å². The summed E-state index contributed by atoms with van der Waals surface area (Å²) in [7, 11) is 0. The van der Waals surface area contributed by atoms with Crippen LogP contribution in [0.4, 0.5) is 21.0 Å². The van der Waals surface area contributed by atoms with E-state index in [0.29, 0.717) is 11.8 Å². The summed E-state index contributed by atoms with van der Waals surface area (Å²) >= 11 is 0. The van der Waals surface area contributed by atoms with Crippen molar-refractivity contribution in [2.45, 2.75) is 49.6 Å². The van der Waals surface area contributed by atoms with Gasteiger partial charge in [0.1, 0.15) is 0 Å². The van der Waals surface area contributed by atoms with Crippen molar-refractivity contribution in [3.05, 3.63) is 109 Å². The molecule has 6 heteroatoms. The van der Waals surface area contributed by atoms with Gasteiger partial charge in [0.05, 0.1) is 11.4 Å². The number of hydrogen-bond donors (Lipinski definition) is 4. The fourth-order valence-electron chi connectivity index (χ4n) is 9.50. The minimum Gasteiger partial charge on any atom is -0.332 e. The van der Waals surface area contributed by atoms with Gasteiger partial charge in [-0.1, -0.05) is 72.8 Å². The molecule has 6 nitrogen and oxygen atoms in total. The third-order valence-corrected chi connectivity index (χ3v) is 10.8. The van der Waals surface area contributed by atoms with Gasteiger partial charge in [0, 0.05) is 21.9 Å². The van der Waals surface area contributed by atoms with Gasteiger partial charge in [0.15, 0.2) is 0 Å². The van der Waals surface area contributed by atoms with E-state index in [1.54, 1.807) is 0 Å². The number of benzene rings is 6. The molecule has 4 N–H and O–H groups in total. The molecule has 0 heterocycles. The highest BCUT2D eigenvalue weighted by atomic mass is 16.2. The molecule has 4 saturated carbocycles. The molecule has 0 radical (unpaired) electrons. The van der Waals surface area contributed by atoms with E-state index in [1.165, 1.54) is 17.2 Å². The Morgan fingerprint density at radius 2 is 0.891 bits per heavy atom. The summed E-state index contributed by atoms with van der Waals surface area (Å²) in [5.41, 5.74) is 0.940. The molecule has 228 valence electrons. The van der Waals surface area contributed by atoms with Gasteiger partial charge in [-0.15, -0.1) is 0 Å². The zero-order valence-corrected chi connectivity index (χ0v) is 25.6. The monoisotopic (exact) mass is 604 g/mol. The number of fused-ring (bicyclic) bond motifs is 4. The zero-order valence-electron chi connectivity index (χ0n) is 25.6. The number of carbonyl (C=O) groups is 2. The lowest BCUT2D eigenvalue weighted by Gasteiger charge is -2.62. The molecule has 4 bridgehead atoms. The molecule has 46 heavy (non-hydrogen) atoms. The quantitative estimate of drug-likeness (QED) is 0.151. The van der Waals surface area contributed by atoms with E-state index in [2.05, 4.69) is 81.9 Å². The summed E-state index contributed by atoms with van der Waals surface area (Å²) in [6.07, 6.45) is 5.74. The van der Waals surface area contributed by atoms with Crippen molar-refractivity contribution in [2.75, 3.05) is 10.6 Å². The second-order valence-electron chi connectivity index (χ2n) is 14.1. The van der Waals surface area contributed by atoms with Crippen LogP contribution in [0.15, 0.2) is 109 Å². The molecule has 4 aliphatic rings. The fraction of sp³-hybridized carbons (Fsp3) is 0.250. The average Bonchev–Trinajstić information content (AvgIpc) is 3.02. The standard InChI is InChI=1S/C40H36N4O2/c45-37(41-35-13-5-11-31-16-27-7-1-3-9-29(27)18-33(31)35)43-39-20-25-15-26(21-39)23-40(22-25,24-39)44-38(46)42-36-14-6-12-32-17-28-8-2-4-10-30(28)19-34(32)36/h1-14,16-19,25-26H,15,20-24H2,(H2,41,43,45)(H2,42,44,46). The predicted molar refractivity (Wildman–Crippen MR) is 187 cm³/mol. The van der Waals surface area contributed by atoms with E-state index in [1.807, 2.05) is 48.5 Å². The van der Waals surface area contributed by atoms with Gasteiger partial charge < -0.3 is 21.3 Å². The molecule has 0 saturated heterocycles. The van der Waals surface area contributed by atoms with E-state index in [0.717, 1.165) is 75.8 Å². The van der Waals surface area contributed by atoms with E-state index in [4.69, 9.17) is 0 Å². The first-order valence-corrected chi connectivity index (χ1v) is 16.4. The summed E-state index contributed by atoms with van der Waals surface area (Å²) in [5.74, 6) is 0.962. The van der Waals surface area contributed by atoms with Crippen LogP contribution in [0, 0.1) is 11.8 Å². The Morgan fingerprint density at radius 3 is 1.33 bits per heavy atom. The first-order chi connectivity index (χ1) is 22.4. The largest absolute Gasteiger partial charge is 0.332 e. The van der Waals surface area contributed by atoms with Crippen molar-refractivity contribution in [3.63, 3.8) is 0 Å². The molecule has 6 aromatic rings. The van der Waals surface area contributed by atoms with Gasteiger partial charge in [0.2, 0.25) is 0 Å². The van der Waals surface area contributed by atoms with Crippen molar-refractivity contribution in [1.82, 2.24) is 10.6 Å². The molecule has 0 atom stereocenters. The van der Waals surface area contributed by atoms with Crippen LogP contribution in [0.2, 0.25) is 0 Å². The second kappa shape index (κ2) is 10.2. The van der Waals surface area contributed by atoms with Crippen LogP contribution in [-0.4, -0.2) is 23.1 Å². The minimum atomic E-state index is -0.336. The lowest BCUT2D eigenvalue weighted by molar-refractivity contribution is -0.0400. The third-order valence-electron chi connectivity index (χ3n) is 10.8. The highest BCUT2D eigenvalue weighted by Crippen LogP contribution is 2.57. The number of amides is 4. The van der Waals surface area contributed by atoms with Crippen molar-refractivity contribution in [1.29, 1.82) is 0 Å². The smallest absolute Gasteiger partial charge is 0.319 e. The van der Waals surface area contributed by atoms with Crippen LogP contribution < -0.4 is 21.3 Å². The summed E-state index contributed by atoms with van der Waals surface area (Å²) in [6, 6.07) is 37.0. The molecular formula is C40H36N4O2. The summed E-state index contributed by atoms with van der Waals surface area (Å²) in [5, 5.41) is 22.2. The molecule has 6 aromatic carbocycles. The molecule has 4 fully saturated rings. The Morgan fingerprint density at radius 1 is 0.500 bits per heavy atom. The van der Waals surface area contributed by atoms with Crippen LogP contribution in [-0.2, 0) is 0 Å². The number of rotatable bonds is 4. The highest BCUT2D eigenvalue weighted by molar-refractivity contribution is 6.08.